The molecule has 0 nitrogen and oxygen atoms in total. The second kappa shape index (κ2) is 5.68. The molecule has 0 N–H and O–H groups in total. The van der Waals surface area contributed by atoms with Crippen molar-refractivity contribution in [2.75, 3.05) is 0 Å². The van der Waals surface area contributed by atoms with Crippen molar-refractivity contribution in [2.24, 2.45) is 0 Å². The molecule has 3 rings (SSSR count). The molecule has 3 aromatic rings. The van der Waals surface area contributed by atoms with Gasteiger partial charge < -0.3 is 0 Å². The number of halogens is 1. The molecular formula is C19H17Cl. The number of fused-ring (bicyclic) bond motifs is 1. The highest BCUT2D eigenvalue weighted by Crippen LogP contribution is 2.33. The highest BCUT2D eigenvalue weighted by molar-refractivity contribution is 6.22. The summed E-state index contributed by atoms with van der Waals surface area (Å²) >= 11 is 6.72. The zero-order valence-electron chi connectivity index (χ0n) is 11.5. The standard InChI is InChI=1S/C19H17Cl/c1-14-11-12-16-9-5-6-10-17(16)19(14)18(20)13-15-7-3-2-4-8-15/h2-12,18H,13H2,1H3. The minimum absolute atomic E-state index is 0.00324. The first-order valence-corrected chi connectivity index (χ1v) is 7.35. The second-order valence-corrected chi connectivity index (χ2v) is 5.70. The normalized spacial score (nSPS) is 12.5. The molecule has 1 heteroatoms. The van der Waals surface area contributed by atoms with Gasteiger partial charge in [-0.25, -0.2) is 0 Å². The molecule has 0 spiro atoms. The van der Waals surface area contributed by atoms with Gasteiger partial charge in [0.25, 0.3) is 0 Å². The Labute approximate surface area is 125 Å². The maximum Gasteiger partial charge on any atom is 0.0634 e. The van der Waals surface area contributed by atoms with E-state index in [0.29, 0.717) is 0 Å². The largest absolute Gasteiger partial charge is 0.117 e. The predicted molar refractivity (Wildman–Crippen MR) is 87.4 cm³/mol. The Morgan fingerprint density at radius 2 is 1.55 bits per heavy atom. The molecule has 0 fully saturated rings. The minimum Gasteiger partial charge on any atom is -0.117 e. The smallest absolute Gasteiger partial charge is 0.0634 e. The number of rotatable bonds is 3. The third-order valence-electron chi connectivity index (χ3n) is 3.76. The van der Waals surface area contributed by atoms with Gasteiger partial charge in [-0.3, -0.25) is 0 Å². The van der Waals surface area contributed by atoms with Gasteiger partial charge in [0.2, 0.25) is 0 Å². The van der Waals surface area contributed by atoms with Crippen LogP contribution in [0.15, 0.2) is 66.7 Å². The van der Waals surface area contributed by atoms with Crippen LogP contribution in [0.2, 0.25) is 0 Å². The van der Waals surface area contributed by atoms with E-state index in [1.165, 1.54) is 27.5 Å². The maximum atomic E-state index is 6.72. The number of hydrogen-bond acceptors (Lipinski definition) is 0. The van der Waals surface area contributed by atoms with Gasteiger partial charge in [0.05, 0.1) is 5.38 Å². The molecule has 0 aliphatic carbocycles. The first-order valence-electron chi connectivity index (χ1n) is 6.92. The Bertz CT molecular complexity index is 716. The van der Waals surface area contributed by atoms with Crippen LogP contribution in [-0.4, -0.2) is 0 Å². The molecule has 0 radical (unpaired) electrons. The molecule has 0 bridgehead atoms. The van der Waals surface area contributed by atoms with Crippen LogP contribution in [0, 0.1) is 6.92 Å². The summed E-state index contributed by atoms with van der Waals surface area (Å²) in [4.78, 5) is 0. The molecule has 0 aromatic heterocycles. The average molecular weight is 281 g/mol. The Morgan fingerprint density at radius 1 is 0.850 bits per heavy atom. The van der Waals surface area contributed by atoms with Crippen LogP contribution in [0.4, 0.5) is 0 Å². The van der Waals surface area contributed by atoms with Crippen LogP contribution < -0.4 is 0 Å². The molecule has 100 valence electrons. The molecule has 3 aromatic carbocycles. The van der Waals surface area contributed by atoms with E-state index >= 15 is 0 Å². The fourth-order valence-corrected chi connectivity index (χ4v) is 3.21. The van der Waals surface area contributed by atoms with Crippen LogP contribution in [-0.2, 0) is 6.42 Å². The van der Waals surface area contributed by atoms with Gasteiger partial charge in [0, 0.05) is 0 Å². The Kier molecular flexibility index (Phi) is 3.75. The fraction of sp³-hybridized carbons (Fsp3) is 0.158. The number of aryl methyl sites for hydroxylation is 1. The lowest BCUT2D eigenvalue weighted by atomic mass is 9.94. The second-order valence-electron chi connectivity index (χ2n) is 5.17. The molecule has 0 aliphatic rings. The number of benzene rings is 3. The Hall–Kier alpha value is -1.79. The predicted octanol–water partition coefficient (Wildman–Crippen LogP) is 5.67. The molecule has 0 amide bonds. The summed E-state index contributed by atoms with van der Waals surface area (Å²) < 4.78 is 0. The average Bonchev–Trinajstić information content (AvgIpc) is 2.48. The molecule has 0 saturated heterocycles. The highest BCUT2D eigenvalue weighted by atomic mass is 35.5. The SMILES string of the molecule is Cc1ccc2ccccc2c1C(Cl)Cc1ccccc1. The van der Waals surface area contributed by atoms with Crippen molar-refractivity contribution in [3.05, 3.63) is 83.4 Å². The zero-order chi connectivity index (χ0) is 13.9. The maximum absolute atomic E-state index is 6.72. The lowest BCUT2D eigenvalue weighted by Crippen LogP contribution is -1.99. The summed E-state index contributed by atoms with van der Waals surface area (Å²) in [7, 11) is 0. The molecular weight excluding hydrogens is 264 g/mol. The van der Waals surface area contributed by atoms with Crippen LogP contribution in [0.3, 0.4) is 0 Å². The molecule has 0 aliphatic heterocycles. The van der Waals surface area contributed by atoms with Crippen LogP contribution in [0.5, 0.6) is 0 Å². The third-order valence-corrected chi connectivity index (χ3v) is 4.13. The summed E-state index contributed by atoms with van der Waals surface area (Å²) in [6, 6.07) is 23.2. The van der Waals surface area contributed by atoms with Crippen molar-refractivity contribution in [2.45, 2.75) is 18.7 Å². The molecule has 0 saturated carbocycles. The van der Waals surface area contributed by atoms with E-state index in [4.69, 9.17) is 11.6 Å². The van der Waals surface area contributed by atoms with Gasteiger partial charge in [-0.05, 0) is 40.8 Å². The van der Waals surface area contributed by atoms with Crippen LogP contribution >= 0.6 is 11.6 Å². The van der Waals surface area contributed by atoms with Crippen molar-refractivity contribution in [3.63, 3.8) is 0 Å². The summed E-state index contributed by atoms with van der Waals surface area (Å²) in [5, 5.41) is 2.53. The lowest BCUT2D eigenvalue weighted by Gasteiger charge is -2.16. The van der Waals surface area contributed by atoms with E-state index in [0.717, 1.165) is 6.42 Å². The monoisotopic (exact) mass is 280 g/mol. The molecule has 1 atom stereocenters. The lowest BCUT2D eigenvalue weighted by molar-refractivity contribution is 0.919. The molecule has 20 heavy (non-hydrogen) atoms. The van der Waals surface area contributed by atoms with Gasteiger partial charge in [-0.2, -0.15) is 0 Å². The van der Waals surface area contributed by atoms with Crippen molar-refractivity contribution in [1.82, 2.24) is 0 Å². The molecule has 1 unspecified atom stereocenters. The zero-order valence-corrected chi connectivity index (χ0v) is 12.3. The van der Waals surface area contributed by atoms with E-state index in [2.05, 4.69) is 67.6 Å². The Morgan fingerprint density at radius 3 is 2.35 bits per heavy atom. The van der Waals surface area contributed by atoms with Gasteiger partial charge in [-0.15, -0.1) is 11.6 Å². The summed E-state index contributed by atoms with van der Waals surface area (Å²) in [5.41, 5.74) is 3.80. The minimum atomic E-state index is 0.00324. The fourth-order valence-electron chi connectivity index (χ4n) is 2.74. The van der Waals surface area contributed by atoms with Gasteiger partial charge >= 0.3 is 0 Å². The first kappa shape index (κ1) is 13.2. The van der Waals surface area contributed by atoms with E-state index in [1.54, 1.807) is 0 Å². The van der Waals surface area contributed by atoms with Crippen LogP contribution in [0.25, 0.3) is 10.8 Å². The van der Waals surface area contributed by atoms with E-state index in [1.807, 2.05) is 6.07 Å². The van der Waals surface area contributed by atoms with E-state index < -0.39 is 0 Å². The number of hydrogen-bond donors (Lipinski definition) is 0. The summed E-state index contributed by atoms with van der Waals surface area (Å²) in [5.74, 6) is 0. The quantitative estimate of drug-likeness (QED) is 0.542. The van der Waals surface area contributed by atoms with Crippen molar-refractivity contribution < 1.29 is 0 Å². The van der Waals surface area contributed by atoms with Crippen molar-refractivity contribution in [3.8, 4) is 0 Å². The third kappa shape index (κ3) is 2.57. The first-order chi connectivity index (χ1) is 9.75. The van der Waals surface area contributed by atoms with Gasteiger partial charge in [0.15, 0.2) is 0 Å². The topological polar surface area (TPSA) is 0 Å². The summed E-state index contributed by atoms with van der Waals surface area (Å²) in [6.45, 7) is 2.14. The van der Waals surface area contributed by atoms with Crippen molar-refractivity contribution in [1.29, 1.82) is 0 Å². The number of alkyl halides is 1. The molecule has 0 heterocycles. The Balaban J connectivity index is 2.03. The van der Waals surface area contributed by atoms with E-state index in [-0.39, 0.29) is 5.38 Å². The van der Waals surface area contributed by atoms with Crippen molar-refractivity contribution >= 4 is 22.4 Å². The highest BCUT2D eigenvalue weighted by Gasteiger charge is 2.14. The van der Waals surface area contributed by atoms with Gasteiger partial charge in [0.1, 0.15) is 0 Å². The summed E-state index contributed by atoms with van der Waals surface area (Å²) in [6.07, 6.45) is 0.858. The van der Waals surface area contributed by atoms with E-state index in [9.17, 15) is 0 Å². The van der Waals surface area contributed by atoms with Crippen LogP contribution in [0.1, 0.15) is 22.1 Å². The van der Waals surface area contributed by atoms with Gasteiger partial charge in [-0.1, -0.05) is 66.7 Å².